The minimum absolute atomic E-state index is 0.0223. The number of hydrogen-bond donors (Lipinski definition) is 2. The van der Waals surface area contributed by atoms with Crippen LogP contribution in [-0.2, 0) is 4.79 Å². The number of ether oxygens (including phenoxy) is 2. The van der Waals surface area contributed by atoms with Gasteiger partial charge in [-0.05, 0) is 25.1 Å². The Balaban J connectivity index is 1.97. The fourth-order valence-corrected chi connectivity index (χ4v) is 2.47. The first-order chi connectivity index (χ1) is 12.5. The molecule has 0 aliphatic heterocycles. The highest BCUT2D eigenvalue weighted by Crippen LogP contribution is 2.30. The van der Waals surface area contributed by atoms with E-state index in [2.05, 4.69) is 10.1 Å². The molecule has 0 fully saturated rings. The predicted octanol–water partition coefficient (Wildman–Crippen LogP) is 1.95. The lowest BCUT2D eigenvalue weighted by molar-refractivity contribution is -0.147. The number of hydrogen-bond acceptors (Lipinski definition) is 6. The van der Waals surface area contributed by atoms with Gasteiger partial charge in [-0.15, -0.1) is 0 Å². The van der Waals surface area contributed by atoms with Crippen molar-refractivity contribution in [2.24, 2.45) is 0 Å². The van der Waals surface area contributed by atoms with Crippen LogP contribution in [-0.4, -0.2) is 50.8 Å². The van der Waals surface area contributed by atoms with E-state index in [1.165, 1.54) is 0 Å². The van der Waals surface area contributed by atoms with Crippen LogP contribution in [0.15, 0.2) is 36.5 Å². The zero-order valence-electron chi connectivity index (χ0n) is 14.4. The fourth-order valence-electron chi connectivity index (χ4n) is 2.47. The number of methoxy groups -OCH3 is 1. The van der Waals surface area contributed by atoms with Crippen molar-refractivity contribution in [1.29, 1.82) is 0 Å². The van der Waals surface area contributed by atoms with E-state index in [-0.39, 0.29) is 13.0 Å². The van der Waals surface area contributed by atoms with Gasteiger partial charge in [0.25, 0.3) is 0 Å². The summed E-state index contributed by atoms with van der Waals surface area (Å²) in [5.41, 5.74) is 1.51. The number of carboxylic acid groups (broad SMARTS) is 1. The number of aromatic nitrogens is 3. The van der Waals surface area contributed by atoms with Gasteiger partial charge in [-0.25, -0.2) is 14.5 Å². The molecule has 0 aliphatic carbocycles. The predicted molar refractivity (Wildman–Crippen MR) is 93.9 cm³/mol. The SMILES string of the molecule is COc1ccc2c(OCC[C@H](O)C(=O)O)cc(-n3ccc(C)n3)nc2c1. The maximum absolute atomic E-state index is 10.7. The number of rotatable bonds is 7. The number of benzene rings is 1. The maximum atomic E-state index is 10.7. The number of carbonyl (C=O) groups is 1. The molecule has 2 N–H and O–H groups in total. The van der Waals surface area contributed by atoms with E-state index in [4.69, 9.17) is 14.6 Å². The third kappa shape index (κ3) is 3.75. The highest BCUT2D eigenvalue weighted by Gasteiger charge is 2.15. The molecule has 0 radical (unpaired) electrons. The Bertz CT molecular complexity index is 938. The molecule has 0 saturated heterocycles. The van der Waals surface area contributed by atoms with Crippen molar-refractivity contribution in [3.63, 3.8) is 0 Å². The fraction of sp³-hybridized carbons (Fsp3) is 0.278. The summed E-state index contributed by atoms with van der Waals surface area (Å²) in [6.45, 7) is 1.93. The van der Waals surface area contributed by atoms with E-state index in [0.717, 1.165) is 11.1 Å². The topological polar surface area (TPSA) is 107 Å². The third-order valence-corrected chi connectivity index (χ3v) is 3.86. The first-order valence-corrected chi connectivity index (χ1v) is 8.03. The van der Waals surface area contributed by atoms with Gasteiger partial charge in [0.05, 0.1) is 24.9 Å². The summed E-state index contributed by atoms with van der Waals surface area (Å²) in [5.74, 6) is 0.475. The van der Waals surface area contributed by atoms with E-state index in [1.807, 2.05) is 19.1 Å². The quantitative estimate of drug-likeness (QED) is 0.665. The molecular formula is C18H19N3O5. The molecule has 0 spiro atoms. The van der Waals surface area contributed by atoms with Gasteiger partial charge < -0.3 is 19.7 Å². The highest BCUT2D eigenvalue weighted by molar-refractivity contribution is 5.87. The smallest absolute Gasteiger partial charge is 0.332 e. The van der Waals surface area contributed by atoms with E-state index in [9.17, 15) is 9.90 Å². The molecule has 0 aliphatic rings. The summed E-state index contributed by atoms with van der Waals surface area (Å²) in [6.07, 6.45) is 0.309. The summed E-state index contributed by atoms with van der Waals surface area (Å²) in [6, 6.07) is 8.99. The van der Waals surface area contributed by atoms with Gasteiger partial charge in [0.1, 0.15) is 11.5 Å². The zero-order chi connectivity index (χ0) is 18.7. The molecule has 3 aromatic rings. The lowest BCUT2D eigenvalue weighted by Crippen LogP contribution is -2.22. The van der Waals surface area contributed by atoms with Crippen molar-refractivity contribution in [3.8, 4) is 17.3 Å². The number of aryl methyl sites for hydroxylation is 1. The number of nitrogens with zero attached hydrogens (tertiary/aromatic N) is 3. The third-order valence-electron chi connectivity index (χ3n) is 3.86. The molecule has 2 aromatic heterocycles. The summed E-state index contributed by atoms with van der Waals surface area (Å²) >= 11 is 0. The molecule has 3 rings (SSSR count). The van der Waals surface area contributed by atoms with Gasteiger partial charge in [-0.3, -0.25) is 0 Å². The number of carboxylic acids is 1. The normalized spacial score (nSPS) is 12.1. The lowest BCUT2D eigenvalue weighted by Gasteiger charge is -2.13. The monoisotopic (exact) mass is 357 g/mol. The summed E-state index contributed by atoms with van der Waals surface area (Å²) in [4.78, 5) is 15.3. The molecule has 1 atom stereocenters. The number of pyridine rings is 1. The van der Waals surface area contributed by atoms with Crippen LogP contribution in [0.25, 0.3) is 16.7 Å². The Hall–Kier alpha value is -3.13. The van der Waals surface area contributed by atoms with Crippen LogP contribution in [0.5, 0.6) is 11.5 Å². The van der Waals surface area contributed by atoms with E-state index in [0.29, 0.717) is 22.8 Å². The van der Waals surface area contributed by atoms with Crippen LogP contribution >= 0.6 is 0 Å². The Morgan fingerprint density at radius 1 is 1.31 bits per heavy atom. The minimum atomic E-state index is -1.46. The summed E-state index contributed by atoms with van der Waals surface area (Å²) < 4.78 is 12.6. The number of aliphatic hydroxyl groups is 1. The molecule has 0 amide bonds. The molecule has 8 nitrogen and oxygen atoms in total. The van der Waals surface area contributed by atoms with E-state index < -0.39 is 12.1 Å². The molecule has 136 valence electrons. The molecule has 0 saturated carbocycles. The summed E-state index contributed by atoms with van der Waals surface area (Å²) in [5, 5.41) is 23.3. The van der Waals surface area contributed by atoms with Crippen molar-refractivity contribution in [3.05, 3.63) is 42.2 Å². The van der Waals surface area contributed by atoms with Crippen LogP contribution < -0.4 is 9.47 Å². The van der Waals surface area contributed by atoms with Crippen molar-refractivity contribution in [2.45, 2.75) is 19.4 Å². The van der Waals surface area contributed by atoms with Crippen molar-refractivity contribution in [1.82, 2.24) is 14.8 Å². The largest absolute Gasteiger partial charge is 0.497 e. The van der Waals surface area contributed by atoms with E-state index in [1.54, 1.807) is 36.2 Å². The molecular weight excluding hydrogens is 338 g/mol. The number of fused-ring (bicyclic) bond motifs is 1. The summed E-state index contributed by atoms with van der Waals surface area (Å²) in [7, 11) is 1.58. The van der Waals surface area contributed by atoms with Gasteiger partial charge >= 0.3 is 5.97 Å². The van der Waals surface area contributed by atoms with Crippen LogP contribution in [0.4, 0.5) is 0 Å². The first-order valence-electron chi connectivity index (χ1n) is 8.03. The maximum Gasteiger partial charge on any atom is 0.332 e. The van der Waals surface area contributed by atoms with Crippen LogP contribution in [0.2, 0.25) is 0 Å². The number of aliphatic hydroxyl groups excluding tert-OH is 1. The lowest BCUT2D eigenvalue weighted by atomic mass is 10.2. The first kappa shape index (κ1) is 17.7. The average molecular weight is 357 g/mol. The van der Waals surface area contributed by atoms with Gasteiger partial charge in [-0.2, -0.15) is 5.10 Å². The van der Waals surface area contributed by atoms with Crippen LogP contribution in [0.1, 0.15) is 12.1 Å². The molecule has 0 unspecified atom stereocenters. The second-order valence-electron chi connectivity index (χ2n) is 5.75. The minimum Gasteiger partial charge on any atom is -0.497 e. The molecule has 1 aromatic carbocycles. The highest BCUT2D eigenvalue weighted by atomic mass is 16.5. The molecule has 26 heavy (non-hydrogen) atoms. The van der Waals surface area contributed by atoms with Gasteiger partial charge in [-0.1, -0.05) is 0 Å². The second kappa shape index (κ2) is 7.40. The Morgan fingerprint density at radius 3 is 2.77 bits per heavy atom. The Morgan fingerprint density at radius 2 is 2.12 bits per heavy atom. The molecule has 8 heteroatoms. The van der Waals surface area contributed by atoms with Crippen LogP contribution in [0.3, 0.4) is 0 Å². The van der Waals surface area contributed by atoms with Gasteiger partial charge in [0.15, 0.2) is 11.9 Å². The Kier molecular flexibility index (Phi) is 5.04. The van der Waals surface area contributed by atoms with Gasteiger partial charge in [0, 0.05) is 30.1 Å². The molecule has 2 heterocycles. The van der Waals surface area contributed by atoms with Crippen molar-refractivity contribution >= 4 is 16.9 Å². The number of aliphatic carboxylic acids is 1. The van der Waals surface area contributed by atoms with Crippen LogP contribution in [0, 0.1) is 6.92 Å². The second-order valence-corrected chi connectivity index (χ2v) is 5.75. The van der Waals surface area contributed by atoms with Gasteiger partial charge in [0.2, 0.25) is 0 Å². The Labute approximate surface area is 149 Å². The van der Waals surface area contributed by atoms with Crippen molar-refractivity contribution < 1.29 is 24.5 Å². The zero-order valence-corrected chi connectivity index (χ0v) is 14.4. The molecule has 0 bridgehead atoms. The average Bonchev–Trinajstić information content (AvgIpc) is 3.07. The standard InChI is InChI=1S/C18H19N3O5/c1-11-5-7-21(20-11)17-10-16(26-8-6-15(22)18(23)24)13-4-3-12(25-2)9-14(13)19-17/h3-5,7,9-10,15,22H,6,8H2,1-2H3,(H,23,24)/t15-/m0/s1. The van der Waals surface area contributed by atoms with E-state index >= 15 is 0 Å². The van der Waals surface area contributed by atoms with Crippen molar-refractivity contribution in [2.75, 3.05) is 13.7 Å².